The van der Waals surface area contributed by atoms with Gasteiger partial charge in [0, 0.05) is 59.0 Å². The zero-order chi connectivity index (χ0) is 39.3. The highest BCUT2D eigenvalue weighted by Gasteiger charge is 2.22. The molecule has 292 valence electrons. The zero-order valence-electron chi connectivity index (χ0n) is 31.3. The molecular weight excluding hydrogens is 731 g/mol. The fourth-order valence-corrected chi connectivity index (χ4v) is 6.39. The van der Waals surface area contributed by atoms with Gasteiger partial charge in [-0.25, -0.2) is 18.2 Å². The fourth-order valence-electron chi connectivity index (χ4n) is 6.23. The van der Waals surface area contributed by atoms with E-state index in [9.17, 15) is 18.0 Å². The van der Waals surface area contributed by atoms with E-state index in [0.717, 1.165) is 68.3 Å². The van der Waals surface area contributed by atoms with Gasteiger partial charge in [0.25, 0.3) is 6.43 Å². The lowest BCUT2D eigenvalue weighted by molar-refractivity contribution is -0.105. The highest BCUT2D eigenvalue weighted by Crippen LogP contribution is 2.31. The molecule has 0 aliphatic carbocycles. The Kier molecular flexibility index (Phi) is 15.0. The number of aliphatic imine (C=N–C) groups is 1. The maximum atomic E-state index is 14.0. The summed E-state index contributed by atoms with van der Waals surface area (Å²) in [5.74, 6) is 0.543. The Morgan fingerprint density at radius 2 is 1.87 bits per heavy atom. The number of nitrogens with zero attached hydrogens (tertiary/aromatic N) is 4. The number of H-pyrrole nitrogens is 1. The molecule has 5 aromatic rings. The minimum atomic E-state index is -2.61. The number of aromatic amines is 1. The molecule has 14 heteroatoms. The van der Waals surface area contributed by atoms with Crippen LogP contribution >= 0.6 is 11.6 Å². The van der Waals surface area contributed by atoms with Gasteiger partial charge in [0.15, 0.2) is 0 Å². The highest BCUT2D eigenvalue weighted by molar-refractivity contribution is 6.30. The van der Waals surface area contributed by atoms with Gasteiger partial charge in [0.2, 0.25) is 12.3 Å². The summed E-state index contributed by atoms with van der Waals surface area (Å²) in [6.07, 6.45) is 1.81. The van der Waals surface area contributed by atoms with Crippen molar-refractivity contribution in [2.75, 3.05) is 43.4 Å². The number of piperidine rings is 1. The molecule has 3 aromatic carbocycles. The average molecular weight is 778 g/mol. The molecule has 1 atom stereocenters. The van der Waals surface area contributed by atoms with Crippen molar-refractivity contribution < 1.29 is 27.4 Å². The number of carbonyl (C=O) groups is 1. The van der Waals surface area contributed by atoms with E-state index in [1.807, 2.05) is 18.2 Å². The first-order valence-electron chi connectivity index (χ1n) is 18.2. The predicted molar refractivity (Wildman–Crippen MR) is 213 cm³/mol. The third-order valence-corrected chi connectivity index (χ3v) is 9.69. The van der Waals surface area contributed by atoms with Gasteiger partial charge < -0.3 is 25.0 Å². The molecule has 10 nitrogen and oxygen atoms in total. The van der Waals surface area contributed by atoms with Gasteiger partial charge in [0.05, 0.1) is 23.0 Å². The van der Waals surface area contributed by atoms with Crippen molar-refractivity contribution in [1.82, 2.24) is 20.1 Å². The Hall–Kier alpha value is -4.98. The number of benzene rings is 3. The first-order chi connectivity index (χ1) is 26.5. The van der Waals surface area contributed by atoms with Crippen molar-refractivity contribution in [3.05, 3.63) is 106 Å². The number of carbonyl (C=O) groups excluding carboxylic acids is 1. The van der Waals surface area contributed by atoms with E-state index < -0.39 is 6.43 Å². The number of halogens is 4. The summed E-state index contributed by atoms with van der Waals surface area (Å²) < 4.78 is 49.9. The van der Waals surface area contributed by atoms with Crippen molar-refractivity contribution >= 4 is 52.7 Å². The SMILES string of the molecule is C=Nc1cc(C)ccc1NCCN1CCC(c2cccc(OCc3ccc(Cl)cc3F)n2)CC1.C[C@@H]1CCO1.Cc1cc(NC=O)cc2c(C(F)F)[nH]nc12. The van der Waals surface area contributed by atoms with E-state index in [1.54, 1.807) is 25.1 Å². The molecule has 0 unspecified atom stereocenters. The van der Waals surface area contributed by atoms with E-state index in [0.29, 0.717) is 51.5 Å². The number of fused-ring (bicyclic) bond motifs is 1. The number of aryl methyl sites for hydroxylation is 2. The predicted octanol–water partition coefficient (Wildman–Crippen LogP) is 9.56. The van der Waals surface area contributed by atoms with Crippen LogP contribution in [0.2, 0.25) is 5.02 Å². The maximum Gasteiger partial charge on any atom is 0.280 e. The van der Waals surface area contributed by atoms with E-state index in [4.69, 9.17) is 26.1 Å². The maximum absolute atomic E-state index is 14.0. The summed E-state index contributed by atoms with van der Waals surface area (Å²) in [7, 11) is 0. The zero-order valence-corrected chi connectivity index (χ0v) is 32.0. The van der Waals surface area contributed by atoms with E-state index >= 15 is 0 Å². The molecule has 55 heavy (non-hydrogen) atoms. The Labute approximate surface area is 324 Å². The van der Waals surface area contributed by atoms with Crippen LogP contribution in [0.25, 0.3) is 10.9 Å². The molecule has 0 spiro atoms. The topological polar surface area (TPSA) is 117 Å². The van der Waals surface area contributed by atoms with E-state index in [-0.39, 0.29) is 18.1 Å². The van der Waals surface area contributed by atoms with Crippen molar-refractivity contribution in [3.8, 4) is 5.88 Å². The van der Waals surface area contributed by atoms with Crippen LogP contribution in [0.3, 0.4) is 0 Å². The molecule has 7 rings (SSSR count). The van der Waals surface area contributed by atoms with Crippen LogP contribution in [-0.4, -0.2) is 72.1 Å². The number of nitrogens with one attached hydrogen (secondary N) is 3. The Balaban J connectivity index is 0.000000226. The van der Waals surface area contributed by atoms with Crippen molar-refractivity contribution in [1.29, 1.82) is 0 Å². The highest BCUT2D eigenvalue weighted by atomic mass is 35.5. The van der Waals surface area contributed by atoms with Gasteiger partial charge in [-0.3, -0.25) is 14.9 Å². The molecule has 3 N–H and O–H groups in total. The molecule has 2 aliphatic heterocycles. The van der Waals surface area contributed by atoms with Gasteiger partial charge in [0.1, 0.15) is 18.1 Å². The molecule has 2 saturated heterocycles. The molecule has 2 fully saturated rings. The Morgan fingerprint density at radius 1 is 1.11 bits per heavy atom. The lowest BCUT2D eigenvalue weighted by atomic mass is 9.93. The molecule has 2 aliphatic rings. The van der Waals surface area contributed by atoms with Gasteiger partial charge in [-0.2, -0.15) is 5.10 Å². The van der Waals surface area contributed by atoms with Crippen LogP contribution in [0.15, 0.2) is 71.7 Å². The molecular formula is C41H47ClF3N7O3. The van der Waals surface area contributed by atoms with Crippen LogP contribution in [0, 0.1) is 19.7 Å². The quantitative estimate of drug-likeness (QED) is 0.0854. The molecule has 0 saturated carbocycles. The monoisotopic (exact) mass is 777 g/mol. The van der Waals surface area contributed by atoms with Crippen LogP contribution in [-0.2, 0) is 16.1 Å². The third kappa shape index (κ3) is 11.8. The molecule has 0 bridgehead atoms. The first-order valence-corrected chi connectivity index (χ1v) is 18.6. The van der Waals surface area contributed by atoms with E-state index in [2.05, 4.69) is 69.5 Å². The lowest BCUT2D eigenvalue weighted by Gasteiger charge is -2.31. The molecule has 1 amide bonds. The van der Waals surface area contributed by atoms with Crippen LogP contribution < -0.4 is 15.4 Å². The summed E-state index contributed by atoms with van der Waals surface area (Å²) >= 11 is 5.82. The lowest BCUT2D eigenvalue weighted by Crippen LogP contribution is -2.36. The summed E-state index contributed by atoms with van der Waals surface area (Å²) in [4.78, 5) is 21.6. The number of anilines is 2. The minimum Gasteiger partial charge on any atom is -0.473 e. The third-order valence-electron chi connectivity index (χ3n) is 9.46. The van der Waals surface area contributed by atoms with Gasteiger partial charge in [-0.05, 0) is 113 Å². The second-order valence-electron chi connectivity index (χ2n) is 13.5. The second-order valence-corrected chi connectivity index (χ2v) is 13.9. The molecule has 4 heterocycles. The summed E-state index contributed by atoms with van der Waals surface area (Å²) in [5.41, 5.74) is 6.05. The van der Waals surface area contributed by atoms with Crippen LogP contribution in [0.4, 0.5) is 30.2 Å². The summed E-state index contributed by atoms with van der Waals surface area (Å²) in [6, 6.07) is 19.8. The van der Waals surface area contributed by atoms with Crippen molar-refractivity contribution in [2.45, 2.75) is 65.1 Å². The summed E-state index contributed by atoms with van der Waals surface area (Å²) in [6.45, 7) is 14.5. The fraction of sp³-hybridized carbons (Fsp3) is 0.366. The number of hydrogen-bond donors (Lipinski definition) is 3. The van der Waals surface area contributed by atoms with Gasteiger partial charge in [-0.1, -0.05) is 29.8 Å². The van der Waals surface area contributed by atoms with Crippen molar-refractivity contribution in [3.63, 3.8) is 0 Å². The minimum absolute atomic E-state index is 0.120. The smallest absolute Gasteiger partial charge is 0.280 e. The average Bonchev–Trinajstić information content (AvgIpc) is 3.60. The van der Waals surface area contributed by atoms with Gasteiger partial charge >= 0.3 is 0 Å². The number of ether oxygens (including phenoxy) is 2. The standard InChI is InChI=1S/C27H30ClFN4O.C10H9F2N3O.C4H8O/c1-19-6-9-25(26(16-19)30-2)31-12-15-33-13-10-20(11-14-33)24-4-3-5-27(32-24)34-18-21-7-8-22(28)17-23(21)29;1-5-2-6(13-4-16)3-7-8(5)14-15-9(7)10(11)12;1-4-2-3-5-4/h3-9,16-17,20,31H,2,10-15,18H2,1H3;2-4,10H,1H3,(H,13,16)(H,14,15);4H,2-3H2,1H3/t;;4-/m..1/s1. The number of amides is 1. The summed E-state index contributed by atoms with van der Waals surface area (Å²) in [5, 5.41) is 12.7. The number of alkyl halides is 2. The largest absolute Gasteiger partial charge is 0.473 e. The number of likely N-dealkylation sites (tertiary alicyclic amines) is 1. The van der Waals surface area contributed by atoms with Crippen LogP contribution in [0.1, 0.15) is 66.6 Å². The normalized spacial score (nSPS) is 15.6. The van der Waals surface area contributed by atoms with Crippen LogP contribution in [0.5, 0.6) is 5.88 Å². The molecule has 2 aromatic heterocycles. The van der Waals surface area contributed by atoms with Gasteiger partial charge in [-0.15, -0.1) is 0 Å². The number of pyridine rings is 1. The number of aromatic nitrogens is 3. The Morgan fingerprint density at radius 3 is 2.53 bits per heavy atom. The second kappa shape index (κ2) is 20.1. The van der Waals surface area contributed by atoms with Crippen molar-refractivity contribution in [2.24, 2.45) is 4.99 Å². The first kappa shape index (κ1) is 41.2. The molecule has 0 radical (unpaired) electrons. The Bertz CT molecular complexity index is 2030. The van der Waals surface area contributed by atoms with E-state index in [1.165, 1.54) is 24.1 Å². The number of hydrogen-bond acceptors (Lipinski definition) is 8. The number of rotatable bonds is 12.